The fraction of sp³-hybridized carbons (Fsp3) is 0.889. The summed E-state index contributed by atoms with van der Waals surface area (Å²) in [7, 11) is 0. The molecule has 0 unspecified atom stereocenters. The third-order valence-electron chi connectivity index (χ3n) is 5.68. The molecule has 5 heteroatoms. The summed E-state index contributed by atoms with van der Waals surface area (Å²) in [5, 5.41) is 0. The van der Waals surface area contributed by atoms with E-state index in [0.29, 0.717) is 11.8 Å². The highest BCUT2D eigenvalue weighted by Crippen LogP contribution is 2.42. The van der Waals surface area contributed by atoms with Gasteiger partial charge in [-0.05, 0) is 58.3 Å². The Morgan fingerprint density at radius 2 is 1.57 bits per heavy atom. The van der Waals surface area contributed by atoms with Crippen LogP contribution >= 0.6 is 0 Å². The molecule has 1 saturated carbocycles. The summed E-state index contributed by atoms with van der Waals surface area (Å²) in [6.45, 7) is 9.00. The van der Waals surface area contributed by atoms with Crippen molar-refractivity contribution in [2.45, 2.75) is 64.9 Å². The first-order valence-electron chi connectivity index (χ1n) is 9.05. The van der Waals surface area contributed by atoms with Crippen molar-refractivity contribution in [2.75, 3.05) is 26.2 Å². The Hall–Kier alpha value is -1.26. The van der Waals surface area contributed by atoms with Gasteiger partial charge in [-0.15, -0.1) is 0 Å². The summed E-state index contributed by atoms with van der Waals surface area (Å²) in [6.07, 6.45) is 6.23. The highest BCUT2D eigenvalue weighted by atomic mass is 16.6. The van der Waals surface area contributed by atoms with Crippen molar-refractivity contribution in [1.82, 2.24) is 9.80 Å². The maximum Gasteiger partial charge on any atom is 0.410 e. The molecule has 0 radical (unpaired) electrons. The third kappa shape index (κ3) is 3.64. The van der Waals surface area contributed by atoms with Crippen LogP contribution in [0, 0.1) is 11.3 Å². The van der Waals surface area contributed by atoms with E-state index in [-0.39, 0.29) is 11.5 Å². The molecule has 23 heavy (non-hydrogen) atoms. The molecule has 0 aromatic rings. The molecule has 1 spiro atoms. The molecule has 5 nitrogen and oxygen atoms in total. The summed E-state index contributed by atoms with van der Waals surface area (Å²) in [4.78, 5) is 28.5. The number of rotatable bonds is 1. The molecule has 3 rings (SSSR count). The third-order valence-corrected chi connectivity index (χ3v) is 5.68. The lowest BCUT2D eigenvalue weighted by Gasteiger charge is -2.40. The predicted octanol–water partition coefficient (Wildman–Crippen LogP) is 3.04. The summed E-state index contributed by atoms with van der Waals surface area (Å²) >= 11 is 0. The van der Waals surface area contributed by atoms with Crippen molar-refractivity contribution in [3.05, 3.63) is 0 Å². The lowest BCUT2D eigenvalue weighted by atomic mass is 9.77. The molecule has 3 aliphatic rings. The monoisotopic (exact) mass is 322 g/mol. The second kappa shape index (κ2) is 5.99. The van der Waals surface area contributed by atoms with Gasteiger partial charge in [-0.1, -0.05) is 6.42 Å². The van der Waals surface area contributed by atoms with Gasteiger partial charge in [0.05, 0.1) is 0 Å². The van der Waals surface area contributed by atoms with E-state index in [1.807, 2.05) is 25.7 Å². The Balaban J connectivity index is 1.50. The molecule has 0 bridgehead atoms. The van der Waals surface area contributed by atoms with Crippen LogP contribution in [0.25, 0.3) is 0 Å². The van der Waals surface area contributed by atoms with Crippen molar-refractivity contribution in [3.8, 4) is 0 Å². The molecule has 0 aromatic carbocycles. The van der Waals surface area contributed by atoms with Gasteiger partial charge in [0.2, 0.25) is 5.91 Å². The molecular weight excluding hydrogens is 292 g/mol. The molecule has 2 saturated heterocycles. The molecule has 2 aliphatic heterocycles. The number of nitrogens with zero attached hydrogens (tertiary/aromatic N) is 2. The average molecular weight is 322 g/mol. The van der Waals surface area contributed by atoms with E-state index in [4.69, 9.17) is 4.74 Å². The van der Waals surface area contributed by atoms with Crippen LogP contribution < -0.4 is 0 Å². The van der Waals surface area contributed by atoms with Gasteiger partial charge in [0.25, 0.3) is 0 Å². The highest BCUT2D eigenvalue weighted by Gasteiger charge is 2.44. The Bertz CT molecular complexity index is 471. The van der Waals surface area contributed by atoms with Gasteiger partial charge in [-0.25, -0.2) is 4.79 Å². The number of hydrogen-bond donors (Lipinski definition) is 0. The van der Waals surface area contributed by atoms with Gasteiger partial charge in [-0.3, -0.25) is 4.79 Å². The largest absolute Gasteiger partial charge is 0.444 e. The van der Waals surface area contributed by atoms with E-state index in [0.717, 1.165) is 58.3 Å². The van der Waals surface area contributed by atoms with E-state index in [2.05, 4.69) is 4.90 Å². The minimum Gasteiger partial charge on any atom is -0.444 e. The van der Waals surface area contributed by atoms with Gasteiger partial charge < -0.3 is 14.5 Å². The molecule has 3 fully saturated rings. The smallest absolute Gasteiger partial charge is 0.410 e. The standard InChI is InChI=1S/C18H30N2O3/c1-17(2,3)23-16(22)19-10-7-18(8-11-19)9-12-20(13-18)15(21)14-5-4-6-14/h14H,4-13H2,1-3H3. The topological polar surface area (TPSA) is 49.9 Å². The van der Waals surface area contributed by atoms with Crippen LogP contribution in [0.15, 0.2) is 0 Å². The second-order valence-corrected chi connectivity index (χ2v) is 8.61. The van der Waals surface area contributed by atoms with Gasteiger partial charge in [0.1, 0.15) is 5.60 Å². The van der Waals surface area contributed by atoms with Crippen molar-refractivity contribution in [2.24, 2.45) is 11.3 Å². The molecule has 2 amide bonds. The van der Waals surface area contributed by atoms with Crippen LogP contribution in [0.2, 0.25) is 0 Å². The number of likely N-dealkylation sites (tertiary alicyclic amines) is 2. The van der Waals surface area contributed by atoms with Gasteiger partial charge in [0, 0.05) is 32.1 Å². The van der Waals surface area contributed by atoms with Crippen molar-refractivity contribution in [3.63, 3.8) is 0 Å². The Kier molecular flexibility index (Phi) is 4.32. The van der Waals surface area contributed by atoms with Crippen molar-refractivity contribution in [1.29, 1.82) is 0 Å². The van der Waals surface area contributed by atoms with Gasteiger partial charge in [0.15, 0.2) is 0 Å². The maximum atomic E-state index is 12.4. The number of amides is 2. The highest BCUT2D eigenvalue weighted by molar-refractivity contribution is 5.80. The normalized spacial score (nSPS) is 24.7. The summed E-state index contributed by atoms with van der Waals surface area (Å²) < 4.78 is 5.46. The first kappa shape index (κ1) is 16.6. The van der Waals surface area contributed by atoms with Gasteiger partial charge >= 0.3 is 6.09 Å². The van der Waals surface area contributed by atoms with E-state index >= 15 is 0 Å². The number of carbonyl (C=O) groups excluding carboxylic acids is 2. The molecule has 0 N–H and O–H groups in total. The molecule has 0 atom stereocenters. The minimum absolute atomic E-state index is 0.201. The number of piperidine rings is 1. The fourth-order valence-corrected chi connectivity index (χ4v) is 3.93. The van der Waals surface area contributed by atoms with Crippen LogP contribution in [0.3, 0.4) is 0 Å². The quantitative estimate of drug-likeness (QED) is 0.745. The zero-order chi connectivity index (χ0) is 16.7. The van der Waals surface area contributed by atoms with E-state index in [1.54, 1.807) is 0 Å². The van der Waals surface area contributed by atoms with Crippen LogP contribution in [0.5, 0.6) is 0 Å². The average Bonchev–Trinajstić information content (AvgIpc) is 2.79. The minimum atomic E-state index is -0.439. The molecule has 2 heterocycles. The van der Waals surface area contributed by atoms with Crippen molar-refractivity contribution < 1.29 is 14.3 Å². The number of hydrogen-bond acceptors (Lipinski definition) is 3. The first-order valence-corrected chi connectivity index (χ1v) is 9.05. The first-order chi connectivity index (χ1) is 10.8. The van der Waals surface area contributed by atoms with E-state index in [1.165, 1.54) is 6.42 Å². The maximum absolute atomic E-state index is 12.4. The van der Waals surface area contributed by atoms with E-state index < -0.39 is 5.60 Å². The number of ether oxygens (including phenoxy) is 1. The molecule has 1 aliphatic carbocycles. The van der Waals surface area contributed by atoms with Crippen molar-refractivity contribution >= 4 is 12.0 Å². The van der Waals surface area contributed by atoms with Crippen LogP contribution in [0.4, 0.5) is 4.79 Å². The van der Waals surface area contributed by atoms with Crippen LogP contribution in [0.1, 0.15) is 59.3 Å². The SMILES string of the molecule is CC(C)(C)OC(=O)N1CCC2(CC1)CCN(C(=O)C1CCC1)C2. The van der Waals surface area contributed by atoms with Crippen LogP contribution in [-0.2, 0) is 9.53 Å². The number of carbonyl (C=O) groups is 2. The van der Waals surface area contributed by atoms with Crippen LogP contribution in [-0.4, -0.2) is 53.6 Å². The fourth-order valence-electron chi connectivity index (χ4n) is 3.93. The Morgan fingerprint density at radius 3 is 2.04 bits per heavy atom. The molecule has 130 valence electrons. The Morgan fingerprint density at radius 1 is 1.00 bits per heavy atom. The molecular formula is C18H30N2O3. The van der Waals surface area contributed by atoms with Gasteiger partial charge in [-0.2, -0.15) is 0 Å². The lowest BCUT2D eigenvalue weighted by molar-refractivity contribution is -0.137. The predicted molar refractivity (Wildman–Crippen MR) is 88.0 cm³/mol. The lowest BCUT2D eigenvalue weighted by Crippen LogP contribution is -2.46. The Labute approximate surface area is 139 Å². The molecule has 0 aromatic heterocycles. The zero-order valence-corrected chi connectivity index (χ0v) is 14.8. The summed E-state index contributed by atoms with van der Waals surface area (Å²) in [5.74, 6) is 0.676. The summed E-state index contributed by atoms with van der Waals surface area (Å²) in [5.41, 5.74) is -0.205. The van der Waals surface area contributed by atoms with E-state index in [9.17, 15) is 9.59 Å². The summed E-state index contributed by atoms with van der Waals surface area (Å²) in [6, 6.07) is 0. The zero-order valence-electron chi connectivity index (χ0n) is 14.8. The second-order valence-electron chi connectivity index (χ2n) is 8.61.